The summed E-state index contributed by atoms with van der Waals surface area (Å²) in [6.45, 7) is 5.71. The normalized spacial score (nSPS) is 20.9. The second-order valence-electron chi connectivity index (χ2n) is 5.76. The number of likely N-dealkylation sites (tertiary alicyclic amines) is 1. The first-order chi connectivity index (χ1) is 9.97. The quantitative estimate of drug-likeness (QED) is 0.769. The van der Waals surface area contributed by atoms with Crippen molar-refractivity contribution in [1.29, 1.82) is 0 Å². The third-order valence-corrected chi connectivity index (χ3v) is 5.62. The summed E-state index contributed by atoms with van der Waals surface area (Å²) < 4.78 is 1.06. The zero-order valence-corrected chi connectivity index (χ0v) is 16.2. The summed E-state index contributed by atoms with van der Waals surface area (Å²) in [5.74, 6) is 0.667. The molecule has 1 saturated heterocycles. The van der Waals surface area contributed by atoms with E-state index in [-0.39, 0.29) is 29.6 Å². The minimum atomic E-state index is -0.0574. The highest BCUT2D eigenvalue weighted by Crippen LogP contribution is 2.27. The van der Waals surface area contributed by atoms with Crippen molar-refractivity contribution in [1.82, 2.24) is 4.90 Å². The Bertz CT molecular complexity index is 484. The van der Waals surface area contributed by atoms with Crippen LogP contribution in [-0.2, 0) is 4.79 Å². The second kappa shape index (κ2) is 9.16. The number of hydrogen-bond acceptors (Lipinski definition) is 3. The van der Waals surface area contributed by atoms with Gasteiger partial charge >= 0.3 is 0 Å². The molecule has 1 aromatic carbocycles. The summed E-state index contributed by atoms with van der Waals surface area (Å²) in [4.78, 5) is 15.7. The number of benzene rings is 1. The number of hydrogen-bond donors (Lipinski definition) is 1. The zero-order valence-electron chi connectivity index (χ0n) is 13.0. The molecule has 3 unspecified atom stereocenters. The molecule has 1 aliphatic heterocycles. The molecular formula is C16H24BrClN2OS. The van der Waals surface area contributed by atoms with Crippen LogP contribution in [0, 0.1) is 5.92 Å². The maximum atomic E-state index is 12.6. The van der Waals surface area contributed by atoms with Gasteiger partial charge in [0.1, 0.15) is 0 Å². The lowest BCUT2D eigenvalue weighted by atomic mass is 9.92. The number of halogens is 2. The lowest BCUT2D eigenvalue weighted by Crippen LogP contribution is -2.47. The number of thioether (sulfide) groups is 1. The van der Waals surface area contributed by atoms with E-state index >= 15 is 0 Å². The molecule has 1 amide bonds. The van der Waals surface area contributed by atoms with Gasteiger partial charge in [0.15, 0.2) is 0 Å². The highest BCUT2D eigenvalue weighted by molar-refractivity contribution is 9.10. The van der Waals surface area contributed by atoms with Crippen LogP contribution in [0.1, 0.15) is 26.7 Å². The van der Waals surface area contributed by atoms with Gasteiger partial charge in [0.05, 0.1) is 5.25 Å². The topological polar surface area (TPSA) is 46.3 Å². The predicted octanol–water partition coefficient (Wildman–Crippen LogP) is 3.94. The van der Waals surface area contributed by atoms with Gasteiger partial charge in [-0.2, -0.15) is 0 Å². The van der Waals surface area contributed by atoms with E-state index in [4.69, 9.17) is 5.73 Å². The van der Waals surface area contributed by atoms with Crippen molar-refractivity contribution in [3.8, 4) is 0 Å². The van der Waals surface area contributed by atoms with Crippen LogP contribution in [0.4, 0.5) is 0 Å². The van der Waals surface area contributed by atoms with Crippen LogP contribution in [0.5, 0.6) is 0 Å². The van der Waals surface area contributed by atoms with Gasteiger partial charge in [-0.1, -0.05) is 15.9 Å². The van der Waals surface area contributed by atoms with Crippen molar-refractivity contribution in [3.05, 3.63) is 28.7 Å². The molecule has 0 aromatic heterocycles. The molecule has 6 heteroatoms. The molecule has 3 nitrogen and oxygen atoms in total. The minimum Gasteiger partial charge on any atom is -0.341 e. The Morgan fingerprint density at radius 3 is 2.59 bits per heavy atom. The van der Waals surface area contributed by atoms with Gasteiger partial charge in [0, 0.05) is 28.5 Å². The second-order valence-corrected chi connectivity index (χ2v) is 8.09. The van der Waals surface area contributed by atoms with E-state index in [1.165, 1.54) is 0 Å². The van der Waals surface area contributed by atoms with E-state index in [2.05, 4.69) is 15.9 Å². The van der Waals surface area contributed by atoms with Crippen LogP contribution in [-0.4, -0.2) is 35.2 Å². The maximum absolute atomic E-state index is 12.6. The summed E-state index contributed by atoms with van der Waals surface area (Å²) in [5.41, 5.74) is 6.00. The van der Waals surface area contributed by atoms with Gasteiger partial charge in [-0.3, -0.25) is 4.79 Å². The molecule has 3 atom stereocenters. The van der Waals surface area contributed by atoms with E-state index in [0.29, 0.717) is 5.92 Å². The third kappa shape index (κ3) is 5.44. The number of piperidine rings is 1. The van der Waals surface area contributed by atoms with Crippen molar-refractivity contribution in [2.75, 3.05) is 13.1 Å². The summed E-state index contributed by atoms with van der Waals surface area (Å²) in [5, 5.41) is -0.0574. The van der Waals surface area contributed by atoms with Crippen molar-refractivity contribution in [3.63, 3.8) is 0 Å². The highest BCUT2D eigenvalue weighted by Gasteiger charge is 2.28. The molecule has 0 spiro atoms. The Morgan fingerprint density at radius 2 is 2.00 bits per heavy atom. The Hall–Kier alpha value is -0.230. The first kappa shape index (κ1) is 19.8. The molecule has 0 aliphatic carbocycles. The molecule has 0 bridgehead atoms. The summed E-state index contributed by atoms with van der Waals surface area (Å²) in [6.07, 6.45) is 2.20. The molecule has 1 aliphatic rings. The lowest BCUT2D eigenvalue weighted by Gasteiger charge is -2.35. The number of carbonyl (C=O) groups is 1. The molecule has 1 heterocycles. The van der Waals surface area contributed by atoms with Crippen molar-refractivity contribution >= 4 is 46.0 Å². The largest absolute Gasteiger partial charge is 0.341 e. The van der Waals surface area contributed by atoms with Crippen LogP contribution in [0.3, 0.4) is 0 Å². The molecule has 2 N–H and O–H groups in total. The smallest absolute Gasteiger partial charge is 0.235 e. The van der Waals surface area contributed by atoms with Crippen molar-refractivity contribution < 1.29 is 4.79 Å². The Morgan fingerprint density at radius 1 is 1.36 bits per heavy atom. The van der Waals surface area contributed by atoms with Gasteiger partial charge in [-0.25, -0.2) is 0 Å². The molecule has 124 valence electrons. The Balaban J connectivity index is 0.00000242. The van der Waals surface area contributed by atoms with E-state index in [9.17, 15) is 4.79 Å². The fourth-order valence-corrected chi connectivity index (χ4v) is 3.88. The molecule has 0 radical (unpaired) electrons. The number of amides is 1. The third-order valence-electron chi connectivity index (χ3n) is 3.99. The monoisotopic (exact) mass is 406 g/mol. The van der Waals surface area contributed by atoms with E-state index in [0.717, 1.165) is 35.3 Å². The lowest BCUT2D eigenvalue weighted by molar-refractivity contribution is -0.132. The van der Waals surface area contributed by atoms with Gasteiger partial charge < -0.3 is 10.6 Å². The molecule has 2 rings (SSSR count). The van der Waals surface area contributed by atoms with Gasteiger partial charge in [-0.15, -0.1) is 24.2 Å². The van der Waals surface area contributed by atoms with Crippen LogP contribution in [0.25, 0.3) is 0 Å². The summed E-state index contributed by atoms with van der Waals surface area (Å²) in [6, 6.07) is 8.26. The number of nitrogens with zero attached hydrogens (tertiary/aromatic N) is 1. The number of nitrogens with two attached hydrogens (primary N) is 1. The fraction of sp³-hybridized carbons (Fsp3) is 0.562. The molecule has 1 fully saturated rings. The van der Waals surface area contributed by atoms with Crippen molar-refractivity contribution in [2.45, 2.75) is 42.9 Å². The first-order valence-electron chi connectivity index (χ1n) is 7.44. The SMILES string of the molecule is CC(Sc1ccc(Br)cc1)C(=O)N1CCCC(C(C)N)C1.Cl. The number of rotatable bonds is 4. The maximum Gasteiger partial charge on any atom is 0.235 e. The predicted molar refractivity (Wildman–Crippen MR) is 99.7 cm³/mol. The molecule has 0 saturated carbocycles. The Labute approximate surface area is 151 Å². The summed E-state index contributed by atoms with van der Waals surface area (Å²) in [7, 11) is 0. The molecule has 1 aromatic rings. The Kier molecular flexibility index (Phi) is 8.25. The van der Waals surface area contributed by atoms with Gasteiger partial charge in [0.25, 0.3) is 0 Å². The fourth-order valence-electron chi connectivity index (χ4n) is 2.66. The molecule has 22 heavy (non-hydrogen) atoms. The first-order valence-corrected chi connectivity index (χ1v) is 9.11. The van der Waals surface area contributed by atoms with Crippen LogP contribution >= 0.6 is 40.1 Å². The standard InChI is InChI=1S/C16H23BrN2OS.ClH/c1-11(18)13-4-3-9-19(10-13)16(20)12(2)21-15-7-5-14(17)6-8-15;/h5-8,11-13H,3-4,9-10,18H2,1-2H3;1H. The zero-order chi connectivity index (χ0) is 15.4. The van der Waals surface area contributed by atoms with Gasteiger partial charge in [0.2, 0.25) is 5.91 Å². The van der Waals surface area contributed by atoms with Crippen LogP contribution < -0.4 is 5.73 Å². The number of carbonyl (C=O) groups excluding carboxylic acids is 1. The van der Waals surface area contributed by atoms with E-state index in [1.807, 2.05) is 43.0 Å². The van der Waals surface area contributed by atoms with Crippen molar-refractivity contribution in [2.24, 2.45) is 11.7 Å². The van der Waals surface area contributed by atoms with Gasteiger partial charge in [-0.05, 0) is 56.9 Å². The van der Waals surface area contributed by atoms with Crippen LogP contribution in [0.2, 0.25) is 0 Å². The average molecular weight is 408 g/mol. The summed E-state index contributed by atoms with van der Waals surface area (Å²) >= 11 is 5.05. The average Bonchev–Trinajstić information content (AvgIpc) is 2.49. The van der Waals surface area contributed by atoms with E-state index < -0.39 is 0 Å². The highest BCUT2D eigenvalue weighted by atomic mass is 79.9. The van der Waals surface area contributed by atoms with E-state index in [1.54, 1.807) is 11.8 Å². The molecular weight excluding hydrogens is 384 g/mol. The minimum absolute atomic E-state index is 0. The van der Waals surface area contributed by atoms with Crippen LogP contribution in [0.15, 0.2) is 33.6 Å².